The van der Waals surface area contributed by atoms with Gasteiger partial charge in [0.25, 0.3) is 0 Å². The molecule has 2 rings (SSSR count). The quantitative estimate of drug-likeness (QED) is 0.933. The number of hydrogen-bond acceptors (Lipinski definition) is 4. The van der Waals surface area contributed by atoms with Crippen molar-refractivity contribution in [2.75, 3.05) is 6.26 Å². The van der Waals surface area contributed by atoms with Crippen molar-refractivity contribution >= 4 is 21.4 Å². The Morgan fingerprint density at radius 1 is 1.19 bits per heavy atom. The SMILES string of the molecule is C[C@@H](N)c1ccc(Oc2cccc(S(C)(=O)=O)c2)c(Cl)c1. The summed E-state index contributed by atoms with van der Waals surface area (Å²) >= 11 is 6.15. The summed E-state index contributed by atoms with van der Waals surface area (Å²) in [5.41, 5.74) is 6.69. The molecule has 0 saturated carbocycles. The molecule has 0 spiro atoms. The third kappa shape index (κ3) is 3.97. The van der Waals surface area contributed by atoms with Crippen LogP contribution in [0.25, 0.3) is 0 Å². The maximum Gasteiger partial charge on any atom is 0.175 e. The van der Waals surface area contributed by atoms with Crippen LogP contribution in [0.3, 0.4) is 0 Å². The minimum atomic E-state index is -3.28. The second kappa shape index (κ2) is 6.05. The van der Waals surface area contributed by atoms with Gasteiger partial charge in [-0.2, -0.15) is 0 Å². The lowest BCUT2D eigenvalue weighted by Crippen LogP contribution is -2.04. The van der Waals surface area contributed by atoms with Crippen molar-refractivity contribution in [3.8, 4) is 11.5 Å². The van der Waals surface area contributed by atoms with Crippen LogP contribution in [-0.4, -0.2) is 14.7 Å². The molecular formula is C15H16ClNO3S. The fraction of sp³-hybridized carbons (Fsp3) is 0.200. The Labute approximate surface area is 129 Å². The monoisotopic (exact) mass is 325 g/mol. The second-order valence-electron chi connectivity index (χ2n) is 4.83. The van der Waals surface area contributed by atoms with Crippen molar-refractivity contribution in [1.29, 1.82) is 0 Å². The van der Waals surface area contributed by atoms with Gasteiger partial charge < -0.3 is 10.5 Å². The lowest BCUT2D eigenvalue weighted by atomic mass is 10.1. The van der Waals surface area contributed by atoms with E-state index in [1.165, 1.54) is 12.1 Å². The summed E-state index contributed by atoms with van der Waals surface area (Å²) in [6.07, 6.45) is 1.15. The minimum absolute atomic E-state index is 0.120. The maximum absolute atomic E-state index is 11.5. The highest BCUT2D eigenvalue weighted by molar-refractivity contribution is 7.90. The fourth-order valence-corrected chi connectivity index (χ4v) is 2.66. The summed E-state index contributed by atoms with van der Waals surface area (Å²) < 4.78 is 28.7. The second-order valence-corrected chi connectivity index (χ2v) is 7.25. The summed E-state index contributed by atoms with van der Waals surface area (Å²) in [6, 6.07) is 11.4. The molecule has 6 heteroatoms. The van der Waals surface area contributed by atoms with Gasteiger partial charge in [0.1, 0.15) is 11.5 Å². The first-order valence-electron chi connectivity index (χ1n) is 6.30. The summed E-state index contributed by atoms with van der Waals surface area (Å²) in [7, 11) is -3.28. The van der Waals surface area contributed by atoms with Crippen LogP contribution in [0.4, 0.5) is 0 Å². The van der Waals surface area contributed by atoms with Crippen molar-refractivity contribution in [3.63, 3.8) is 0 Å². The van der Waals surface area contributed by atoms with Crippen molar-refractivity contribution < 1.29 is 13.2 Å². The number of nitrogens with two attached hydrogens (primary N) is 1. The Hall–Kier alpha value is -1.56. The van der Waals surface area contributed by atoms with Crippen molar-refractivity contribution in [1.82, 2.24) is 0 Å². The number of halogens is 1. The van der Waals surface area contributed by atoms with Crippen LogP contribution < -0.4 is 10.5 Å². The van der Waals surface area contributed by atoms with Crippen molar-refractivity contribution in [2.24, 2.45) is 5.73 Å². The molecule has 0 amide bonds. The molecule has 0 aliphatic heterocycles. The predicted molar refractivity (Wildman–Crippen MR) is 83.7 cm³/mol. The molecule has 0 heterocycles. The van der Waals surface area contributed by atoms with E-state index in [0.29, 0.717) is 16.5 Å². The van der Waals surface area contributed by atoms with E-state index in [-0.39, 0.29) is 10.9 Å². The molecule has 0 aliphatic rings. The first-order valence-corrected chi connectivity index (χ1v) is 8.57. The number of benzene rings is 2. The highest BCUT2D eigenvalue weighted by Crippen LogP contribution is 2.32. The van der Waals surface area contributed by atoms with E-state index >= 15 is 0 Å². The molecule has 4 nitrogen and oxygen atoms in total. The van der Waals surface area contributed by atoms with Crippen LogP contribution in [0, 0.1) is 0 Å². The van der Waals surface area contributed by atoms with Crippen LogP contribution >= 0.6 is 11.6 Å². The van der Waals surface area contributed by atoms with Gasteiger partial charge in [0.15, 0.2) is 9.84 Å². The highest BCUT2D eigenvalue weighted by atomic mass is 35.5. The summed E-state index contributed by atoms with van der Waals surface area (Å²) in [4.78, 5) is 0.198. The number of sulfone groups is 1. The first-order chi connectivity index (χ1) is 9.77. The van der Waals surface area contributed by atoms with Gasteiger partial charge >= 0.3 is 0 Å². The van der Waals surface area contributed by atoms with E-state index in [4.69, 9.17) is 22.1 Å². The van der Waals surface area contributed by atoms with Crippen molar-refractivity contribution in [3.05, 3.63) is 53.1 Å². The molecule has 0 aliphatic carbocycles. The maximum atomic E-state index is 11.5. The van der Waals surface area contributed by atoms with E-state index in [0.717, 1.165) is 11.8 Å². The van der Waals surface area contributed by atoms with Crippen LogP contribution in [0.5, 0.6) is 11.5 Å². The third-order valence-corrected chi connectivity index (χ3v) is 4.35. The molecule has 0 aromatic heterocycles. The topological polar surface area (TPSA) is 69.4 Å². The zero-order chi connectivity index (χ0) is 15.6. The van der Waals surface area contributed by atoms with Gasteiger partial charge in [-0.15, -0.1) is 0 Å². The zero-order valence-electron chi connectivity index (χ0n) is 11.7. The molecule has 0 bridgehead atoms. The van der Waals surface area contributed by atoms with E-state index in [9.17, 15) is 8.42 Å². The van der Waals surface area contributed by atoms with Crippen LogP contribution in [0.2, 0.25) is 5.02 Å². The molecule has 0 saturated heterocycles. The largest absolute Gasteiger partial charge is 0.456 e. The van der Waals surface area contributed by atoms with Crippen molar-refractivity contribution in [2.45, 2.75) is 17.9 Å². The first kappa shape index (κ1) is 15.8. The highest BCUT2D eigenvalue weighted by Gasteiger charge is 2.10. The zero-order valence-corrected chi connectivity index (χ0v) is 13.3. The molecule has 2 N–H and O–H groups in total. The molecule has 112 valence electrons. The Morgan fingerprint density at radius 3 is 2.48 bits per heavy atom. The van der Waals surface area contributed by atoms with Crippen LogP contribution in [0.1, 0.15) is 18.5 Å². The summed E-state index contributed by atoms with van der Waals surface area (Å²) in [5.74, 6) is 0.861. The fourth-order valence-electron chi connectivity index (χ4n) is 1.78. The number of rotatable bonds is 4. The lowest BCUT2D eigenvalue weighted by Gasteiger charge is -2.11. The molecule has 21 heavy (non-hydrogen) atoms. The number of hydrogen-bond donors (Lipinski definition) is 1. The smallest absolute Gasteiger partial charge is 0.175 e. The molecule has 2 aromatic rings. The van der Waals surface area contributed by atoms with E-state index in [1.54, 1.807) is 24.3 Å². The summed E-state index contributed by atoms with van der Waals surface area (Å²) in [5, 5.41) is 0.426. The third-order valence-electron chi connectivity index (χ3n) is 2.94. The molecule has 0 fully saturated rings. The Kier molecular flexibility index (Phi) is 4.56. The van der Waals surface area contributed by atoms with Gasteiger partial charge in [0.05, 0.1) is 9.92 Å². The molecule has 1 atom stereocenters. The standard InChI is InChI=1S/C15H16ClNO3S/c1-10(17)11-6-7-15(14(16)8-11)20-12-4-3-5-13(9-12)21(2,18)19/h3-10H,17H2,1-2H3/t10-/m1/s1. The van der Waals surface area contributed by atoms with Crippen LogP contribution in [0.15, 0.2) is 47.4 Å². The average molecular weight is 326 g/mol. The van der Waals surface area contributed by atoms with Gasteiger partial charge in [-0.25, -0.2) is 8.42 Å². The van der Waals surface area contributed by atoms with E-state index < -0.39 is 9.84 Å². The normalized spacial score (nSPS) is 13.0. The van der Waals surface area contributed by atoms with Gasteiger partial charge in [0.2, 0.25) is 0 Å². The van der Waals surface area contributed by atoms with Crippen LogP contribution in [-0.2, 0) is 9.84 Å². The Bertz CT molecular complexity index is 757. The van der Waals surface area contributed by atoms with Gasteiger partial charge in [-0.05, 0) is 42.8 Å². The Morgan fingerprint density at radius 2 is 1.90 bits per heavy atom. The van der Waals surface area contributed by atoms with Gasteiger partial charge in [-0.1, -0.05) is 23.7 Å². The minimum Gasteiger partial charge on any atom is -0.456 e. The van der Waals surface area contributed by atoms with Gasteiger partial charge in [0, 0.05) is 12.3 Å². The van der Waals surface area contributed by atoms with Gasteiger partial charge in [-0.3, -0.25) is 0 Å². The number of ether oxygens (including phenoxy) is 1. The average Bonchev–Trinajstić information content (AvgIpc) is 2.40. The predicted octanol–water partition coefficient (Wildman–Crippen LogP) is 3.56. The molecule has 0 unspecified atom stereocenters. The van der Waals surface area contributed by atoms with E-state index in [2.05, 4.69) is 0 Å². The molecule has 0 radical (unpaired) electrons. The molecular weight excluding hydrogens is 310 g/mol. The summed E-state index contributed by atoms with van der Waals surface area (Å²) in [6.45, 7) is 1.86. The lowest BCUT2D eigenvalue weighted by molar-refractivity contribution is 0.480. The molecule has 2 aromatic carbocycles. The Balaban J connectivity index is 2.31. The van der Waals surface area contributed by atoms with E-state index in [1.807, 2.05) is 13.0 Å².